The second-order valence-corrected chi connectivity index (χ2v) is 6.38. The molecule has 0 amide bonds. The van der Waals surface area contributed by atoms with Crippen LogP contribution in [0, 0.1) is 12.3 Å². The number of piperidine rings is 1. The molecule has 2 aliphatic rings. The van der Waals surface area contributed by atoms with Crippen LogP contribution in [-0.4, -0.2) is 26.2 Å². The number of anilines is 1. The van der Waals surface area contributed by atoms with Gasteiger partial charge in [-0.15, -0.1) is 0 Å². The summed E-state index contributed by atoms with van der Waals surface area (Å²) in [7, 11) is 0. The number of hydrogen-bond donors (Lipinski definition) is 1. The summed E-state index contributed by atoms with van der Waals surface area (Å²) in [5.74, 6) is 0. The molecule has 2 aliphatic heterocycles. The molecule has 0 aliphatic carbocycles. The lowest BCUT2D eigenvalue weighted by Gasteiger charge is -2.49. The van der Waals surface area contributed by atoms with Crippen LogP contribution < -0.4 is 10.2 Å². The molecule has 2 saturated heterocycles. The van der Waals surface area contributed by atoms with Crippen molar-refractivity contribution in [3.8, 4) is 0 Å². The Morgan fingerprint density at radius 1 is 1.24 bits per heavy atom. The minimum atomic E-state index is 0.637. The monoisotopic (exact) mass is 294 g/mol. The molecular formula is C14H19BrN2. The highest BCUT2D eigenvalue weighted by atomic mass is 79.9. The Morgan fingerprint density at radius 3 is 2.47 bits per heavy atom. The number of halogens is 1. The number of nitrogens with one attached hydrogen (secondary N) is 1. The van der Waals surface area contributed by atoms with E-state index in [0.29, 0.717) is 5.41 Å². The average Bonchev–Trinajstić information content (AvgIpc) is 2.31. The summed E-state index contributed by atoms with van der Waals surface area (Å²) in [6, 6.07) is 6.71. The summed E-state index contributed by atoms with van der Waals surface area (Å²) in [5, 5.41) is 3.42. The van der Waals surface area contributed by atoms with E-state index in [9.17, 15) is 0 Å². The van der Waals surface area contributed by atoms with Crippen LogP contribution in [0.2, 0.25) is 0 Å². The van der Waals surface area contributed by atoms with Crippen LogP contribution in [0.1, 0.15) is 18.4 Å². The first-order valence-electron chi connectivity index (χ1n) is 6.40. The molecule has 1 N–H and O–H groups in total. The molecule has 0 atom stereocenters. The van der Waals surface area contributed by atoms with Crippen molar-refractivity contribution in [3.63, 3.8) is 0 Å². The lowest BCUT2D eigenvalue weighted by molar-refractivity contribution is 0.126. The molecule has 0 saturated carbocycles. The van der Waals surface area contributed by atoms with E-state index in [-0.39, 0.29) is 0 Å². The third-order valence-corrected chi connectivity index (χ3v) is 5.20. The first kappa shape index (κ1) is 11.5. The summed E-state index contributed by atoms with van der Waals surface area (Å²) in [6.45, 7) is 7.02. The quantitative estimate of drug-likeness (QED) is 0.857. The third-order valence-electron chi connectivity index (χ3n) is 4.34. The van der Waals surface area contributed by atoms with Crippen molar-refractivity contribution in [1.29, 1.82) is 0 Å². The van der Waals surface area contributed by atoms with E-state index in [1.54, 1.807) is 0 Å². The van der Waals surface area contributed by atoms with Crippen LogP contribution in [-0.2, 0) is 0 Å². The maximum Gasteiger partial charge on any atom is 0.0377 e. The minimum absolute atomic E-state index is 0.637. The highest BCUT2D eigenvalue weighted by Crippen LogP contribution is 2.37. The van der Waals surface area contributed by atoms with Gasteiger partial charge in [0.2, 0.25) is 0 Å². The molecule has 2 heterocycles. The molecule has 1 aromatic carbocycles. The lowest BCUT2D eigenvalue weighted by Crippen LogP contribution is -2.58. The molecule has 1 spiro atoms. The zero-order chi connectivity index (χ0) is 11.9. The fourth-order valence-corrected chi connectivity index (χ4v) is 3.22. The third kappa shape index (κ3) is 2.11. The smallest absolute Gasteiger partial charge is 0.0377 e. The van der Waals surface area contributed by atoms with E-state index in [1.165, 1.54) is 54.7 Å². The van der Waals surface area contributed by atoms with Gasteiger partial charge in [-0.05, 0) is 42.9 Å². The standard InChI is InChI=1S/C14H19BrN2/c1-11-2-3-12(8-13(11)15)17-6-4-14(5-7-17)9-16-10-14/h2-3,8,16H,4-7,9-10H2,1H3. The Morgan fingerprint density at radius 2 is 1.94 bits per heavy atom. The number of hydrogen-bond acceptors (Lipinski definition) is 2. The molecular weight excluding hydrogens is 276 g/mol. The summed E-state index contributed by atoms with van der Waals surface area (Å²) in [5.41, 5.74) is 3.31. The van der Waals surface area contributed by atoms with E-state index in [4.69, 9.17) is 0 Å². The van der Waals surface area contributed by atoms with Crippen molar-refractivity contribution in [2.75, 3.05) is 31.1 Å². The molecule has 3 rings (SSSR count). The van der Waals surface area contributed by atoms with Gasteiger partial charge in [-0.25, -0.2) is 0 Å². The van der Waals surface area contributed by atoms with Gasteiger partial charge < -0.3 is 10.2 Å². The van der Waals surface area contributed by atoms with Crippen LogP contribution in [0.15, 0.2) is 22.7 Å². The Kier molecular flexibility index (Phi) is 2.91. The van der Waals surface area contributed by atoms with Gasteiger partial charge in [-0.3, -0.25) is 0 Å². The average molecular weight is 295 g/mol. The van der Waals surface area contributed by atoms with Gasteiger partial charge in [-0.2, -0.15) is 0 Å². The van der Waals surface area contributed by atoms with Gasteiger partial charge in [0.1, 0.15) is 0 Å². The lowest BCUT2D eigenvalue weighted by atomic mass is 9.73. The van der Waals surface area contributed by atoms with Crippen LogP contribution in [0.5, 0.6) is 0 Å². The van der Waals surface area contributed by atoms with E-state index in [1.807, 2.05) is 0 Å². The van der Waals surface area contributed by atoms with Crippen molar-refractivity contribution >= 4 is 21.6 Å². The highest BCUT2D eigenvalue weighted by Gasteiger charge is 2.39. The summed E-state index contributed by atoms with van der Waals surface area (Å²) < 4.78 is 1.22. The number of aryl methyl sites for hydroxylation is 1. The Balaban J connectivity index is 1.71. The topological polar surface area (TPSA) is 15.3 Å². The zero-order valence-corrected chi connectivity index (χ0v) is 11.9. The first-order chi connectivity index (χ1) is 8.19. The SMILES string of the molecule is Cc1ccc(N2CCC3(CC2)CNC3)cc1Br. The second-order valence-electron chi connectivity index (χ2n) is 5.52. The van der Waals surface area contributed by atoms with Crippen molar-refractivity contribution in [3.05, 3.63) is 28.2 Å². The molecule has 1 aromatic rings. The van der Waals surface area contributed by atoms with Gasteiger partial charge >= 0.3 is 0 Å². The number of benzene rings is 1. The predicted molar refractivity (Wildman–Crippen MR) is 75.6 cm³/mol. The van der Waals surface area contributed by atoms with Crippen LogP contribution in [0.4, 0.5) is 5.69 Å². The predicted octanol–water partition coefficient (Wildman–Crippen LogP) is 2.95. The highest BCUT2D eigenvalue weighted by molar-refractivity contribution is 9.10. The van der Waals surface area contributed by atoms with Crippen molar-refractivity contribution in [2.45, 2.75) is 19.8 Å². The van der Waals surface area contributed by atoms with Gasteiger partial charge in [0.05, 0.1) is 0 Å². The normalized spacial score (nSPS) is 22.6. The van der Waals surface area contributed by atoms with Gasteiger partial charge in [0, 0.05) is 36.3 Å². The molecule has 0 aromatic heterocycles. The fraction of sp³-hybridized carbons (Fsp3) is 0.571. The van der Waals surface area contributed by atoms with Gasteiger partial charge in [0.25, 0.3) is 0 Å². The maximum atomic E-state index is 3.62. The molecule has 2 nitrogen and oxygen atoms in total. The van der Waals surface area contributed by atoms with E-state index < -0.39 is 0 Å². The molecule has 0 bridgehead atoms. The van der Waals surface area contributed by atoms with Crippen LogP contribution in [0.3, 0.4) is 0 Å². The zero-order valence-electron chi connectivity index (χ0n) is 10.3. The summed E-state index contributed by atoms with van der Waals surface area (Å²) in [4.78, 5) is 2.52. The Hall–Kier alpha value is -0.540. The minimum Gasteiger partial charge on any atom is -0.371 e. The maximum absolute atomic E-state index is 3.62. The molecule has 92 valence electrons. The molecule has 17 heavy (non-hydrogen) atoms. The largest absolute Gasteiger partial charge is 0.371 e. The van der Waals surface area contributed by atoms with Crippen molar-refractivity contribution in [1.82, 2.24) is 5.32 Å². The van der Waals surface area contributed by atoms with E-state index in [0.717, 1.165) is 0 Å². The summed E-state index contributed by atoms with van der Waals surface area (Å²) >= 11 is 3.62. The molecule has 0 radical (unpaired) electrons. The molecule has 2 fully saturated rings. The van der Waals surface area contributed by atoms with Gasteiger partial charge in [-0.1, -0.05) is 22.0 Å². The van der Waals surface area contributed by atoms with Crippen molar-refractivity contribution < 1.29 is 0 Å². The Labute approximate surface area is 112 Å². The van der Waals surface area contributed by atoms with Crippen LogP contribution in [0.25, 0.3) is 0 Å². The molecule has 0 unspecified atom stereocenters. The fourth-order valence-electron chi connectivity index (χ4n) is 2.85. The van der Waals surface area contributed by atoms with E-state index >= 15 is 0 Å². The van der Waals surface area contributed by atoms with Gasteiger partial charge in [0.15, 0.2) is 0 Å². The van der Waals surface area contributed by atoms with Crippen LogP contribution >= 0.6 is 15.9 Å². The Bertz CT molecular complexity index is 416. The number of nitrogens with zero attached hydrogens (tertiary/aromatic N) is 1. The van der Waals surface area contributed by atoms with E-state index in [2.05, 4.69) is 51.3 Å². The van der Waals surface area contributed by atoms with Crippen molar-refractivity contribution in [2.24, 2.45) is 5.41 Å². The summed E-state index contributed by atoms with van der Waals surface area (Å²) in [6.07, 6.45) is 2.68. The first-order valence-corrected chi connectivity index (χ1v) is 7.20. The number of rotatable bonds is 1. The second kappa shape index (κ2) is 4.29. The molecule has 3 heteroatoms.